The first-order chi connectivity index (χ1) is 6.09. The van der Waals surface area contributed by atoms with Crippen LogP contribution in [0, 0.1) is 5.41 Å². The molecule has 1 heterocycles. The van der Waals surface area contributed by atoms with Gasteiger partial charge in [-0.25, -0.2) is 9.67 Å². The van der Waals surface area contributed by atoms with Crippen LogP contribution in [0.25, 0.3) is 0 Å². The van der Waals surface area contributed by atoms with Gasteiger partial charge in [0.05, 0.1) is 6.04 Å². The number of anilines is 1. The van der Waals surface area contributed by atoms with E-state index < -0.39 is 0 Å². The Hall–Kier alpha value is -1.06. The Labute approximate surface area is 78.1 Å². The van der Waals surface area contributed by atoms with Gasteiger partial charge in [0.2, 0.25) is 5.95 Å². The van der Waals surface area contributed by atoms with E-state index in [1.54, 1.807) is 6.33 Å². The van der Waals surface area contributed by atoms with Crippen LogP contribution in [-0.2, 0) is 0 Å². The fourth-order valence-electron chi connectivity index (χ4n) is 2.24. The van der Waals surface area contributed by atoms with E-state index >= 15 is 0 Å². The Morgan fingerprint density at radius 1 is 1.62 bits per heavy atom. The number of nitrogens with two attached hydrogens (primary N) is 1. The zero-order valence-electron chi connectivity index (χ0n) is 8.20. The molecule has 0 saturated heterocycles. The summed E-state index contributed by atoms with van der Waals surface area (Å²) in [7, 11) is 0. The van der Waals surface area contributed by atoms with Crippen molar-refractivity contribution in [1.82, 2.24) is 14.8 Å². The van der Waals surface area contributed by atoms with Crippen LogP contribution in [0.2, 0.25) is 0 Å². The maximum absolute atomic E-state index is 5.49. The van der Waals surface area contributed by atoms with Gasteiger partial charge in [-0.05, 0) is 18.3 Å². The number of hydrogen-bond donors (Lipinski definition) is 1. The monoisotopic (exact) mass is 180 g/mol. The molecule has 2 rings (SSSR count). The van der Waals surface area contributed by atoms with Crippen LogP contribution in [0.5, 0.6) is 0 Å². The lowest BCUT2D eigenvalue weighted by molar-refractivity contribution is 0.243. The standard InChI is InChI=1S/C9H16N4/c1-9(2)5-3-4-7(9)13-6-11-8(10)12-13/h6-7H,3-5H2,1-2H3,(H2,10,12). The molecular formula is C9H16N4. The molecule has 0 amide bonds. The van der Waals surface area contributed by atoms with Crippen molar-refractivity contribution in [2.24, 2.45) is 5.41 Å². The normalized spacial score (nSPS) is 26.5. The van der Waals surface area contributed by atoms with Crippen molar-refractivity contribution >= 4 is 5.95 Å². The van der Waals surface area contributed by atoms with Gasteiger partial charge in [0.15, 0.2) is 0 Å². The topological polar surface area (TPSA) is 56.7 Å². The van der Waals surface area contributed by atoms with E-state index in [2.05, 4.69) is 23.9 Å². The highest BCUT2D eigenvalue weighted by Gasteiger charge is 2.36. The second kappa shape index (κ2) is 2.72. The zero-order valence-corrected chi connectivity index (χ0v) is 8.20. The molecule has 2 N–H and O–H groups in total. The largest absolute Gasteiger partial charge is 0.367 e. The molecule has 0 radical (unpaired) electrons. The van der Waals surface area contributed by atoms with Crippen LogP contribution >= 0.6 is 0 Å². The van der Waals surface area contributed by atoms with Gasteiger partial charge in [-0.2, -0.15) is 0 Å². The molecule has 13 heavy (non-hydrogen) atoms. The number of rotatable bonds is 1. The maximum atomic E-state index is 5.49. The molecule has 1 aliphatic rings. The SMILES string of the molecule is CC1(C)CCCC1n1cnc(N)n1. The Balaban J connectivity index is 2.26. The zero-order chi connectivity index (χ0) is 9.47. The van der Waals surface area contributed by atoms with E-state index in [4.69, 9.17) is 5.73 Å². The molecule has 1 saturated carbocycles. The first-order valence-corrected chi connectivity index (χ1v) is 4.76. The minimum absolute atomic E-state index is 0.333. The quantitative estimate of drug-likeness (QED) is 0.714. The number of aromatic nitrogens is 3. The fourth-order valence-corrected chi connectivity index (χ4v) is 2.24. The van der Waals surface area contributed by atoms with Crippen molar-refractivity contribution in [3.05, 3.63) is 6.33 Å². The molecule has 0 spiro atoms. The summed E-state index contributed by atoms with van der Waals surface area (Å²) < 4.78 is 1.92. The molecule has 1 atom stereocenters. The van der Waals surface area contributed by atoms with Crippen molar-refractivity contribution < 1.29 is 0 Å². The summed E-state index contributed by atoms with van der Waals surface area (Å²) in [5.41, 5.74) is 5.83. The van der Waals surface area contributed by atoms with E-state index in [1.165, 1.54) is 19.3 Å². The van der Waals surface area contributed by atoms with Crippen LogP contribution in [0.3, 0.4) is 0 Å². The molecular weight excluding hydrogens is 164 g/mol. The Kier molecular flexibility index (Phi) is 1.78. The van der Waals surface area contributed by atoms with Crippen LogP contribution < -0.4 is 5.73 Å². The van der Waals surface area contributed by atoms with Gasteiger partial charge in [0, 0.05) is 0 Å². The fraction of sp³-hybridized carbons (Fsp3) is 0.778. The van der Waals surface area contributed by atoms with Crippen molar-refractivity contribution in [2.75, 3.05) is 5.73 Å². The predicted molar refractivity (Wildman–Crippen MR) is 51.1 cm³/mol. The van der Waals surface area contributed by atoms with Gasteiger partial charge < -0.3 is 5.73 Å². The second-order valence-corrected chi connectivity index (χ2v) is 4.48. The number of nitrogen functional groups attached to an aromatic ring is 1. The molecule has 4 heteroatoms. The smallest absolute Gasteiger partial charge is 0.239 e. The third kappa shape index (κ3) is 1.41. The van der Waals surface area contributed by atoms with E-state index in [-0.39, 0.29) is 0 Å². The number of nitrogens with zero attached hydrogens (tertiary/aromatic N) is 3. The Morgan fingerprint density at radius 2 is 2.38 bits per heavy atom. The highest BCUT2D eigenvalue weighted by molar-refractivity contribution is 5.10. The summed E-state index contributed by atoms with van der Waals surface area (Å²) in [5.74, 6) is 0.378. The molecule has 0 aliphatic heterocycles. The second-order valence-electron chi connectivity index (χ2n) is 4.48. The first-order valence-electron chi connectivity index (χ1n) is 4.76. The van der Waals surface area contributed by atoms with Crippen LogP contribution in [-0.4, -0.2) is 14.8 Å². The molecule has 1 unspecified atom stereocenters. The van der Waals surface area contributed by atoms with Crippen molar-refractivity contribution in [3.8, 4) is 0 Å². The molecule has 4 nitrogen and oxygen atoms in total. The summed E-state index contributed by atoms with van der Waals surface area (Å²) in [6.45, 7) is 4.56. The van der Waals surface area contributed by atoms with Crippen molar-refractivity contribution in [2.45, 2.75) is 39.2 Å². The van der Waals surface area contributed by atoms with E-state index in [1.807, 2.05) is 4.68 Å². The average molecular weight is 180 g/mol. The van der Waals surface area contributed by atoms with Gasteiger partial charge in [-0.3, -0.25) is 0 Å². The van der Waals surface area contributed by atoms with E-state index in [9.17, 15) is 0 Å². The van der Waals surface area contributed by atoms with E-state index in [0.29, 0.717) is 17.4 Å². The van der Waals surface area contributed by atoms with Crippen molar-refractivity contribution in [1.29, 1.82) is 0 Å². The van der Waals surface area contributed by atoms with Crippen LogP contribution in [0.15, 0.2) is 6.33 Å². The van der Waals surface area contributed by atoms with Crippen molar-refractivity contribution in [3.63, 3.8) is 0 Å². The Morgan fingerprint density at radius 3 is 2.85 bits per heavy atom. The third-order valence-corrected chi connectivity index (χ3v) is 3.05. The predicted octanol–water partition coefficient (Wildman–Crippen LogP) is 1.61. The molecule has 0 bridgehead atoms. The molecule has 1 aromatic heterocycles. The summed E-state index contributed by atoms with van der Waals surface area (Å²) in [5, 5.41) is 4.17. The minimum Gasteiger partial charge on any atom is -0.367 e. The highest BCUT2D eigenvalue weighted by atomic mass is 15.4. The summed E-state index contributed by atoms with van der Waals surface area (Å²) in [4.78, 5) is 3.96. The van der Waals surface area contributed by atoms with Gasteiger partial charge in [-0.15, -0.1) is 5.10 Å². The lowest BCUT2D eigenvalue weighted by Crippen LogP contribution is -2.22. The van der Waals surface area contributed by atoms with Gasteiger partial charge >= 0.3 is 0 Å². The summed E-state index contributed by atoms with van der Waals surface area (Å²) in [6, 6.07) is 0.470. The molecule has 1 aliphatic carbocycles. The number of hydrogen-bond acceptors (Lipinski definition) is 3. The average Bonchev–Trinajstić information content (AvgIpc) is 2.56. The molecule has 1 fully saturated rings. The minimum atomic E-state index is 0.333. The van der Waals surface area contributed by atoms with Gasteiger partial charge in [-0.1, -0.05) is 20.3 Å². The third-order valence-electron chi connectivity index (χ3n) is 3.05. The molecule has 72 valence electrons. The van der Waals surface area contributed by atoms with Crippen LogP contribution in [0.1, 0.15) is 39.2 Å². The summed E-state index contributed by atoms with van der Waals surface area (Å²) >= 11 is 0. The maximum Gasteiger partial charge on any atom is 0.239 e. The first kappa shape index (κ1) is 8.53. The Bertz CT molecular complexity index is 302. The van der Waals surface area contributed by atoms with Gasteiger partial charge in [0.1, 0.15) is 6.33 Å². The lowest BCUT2D eigenvalue weighted by atomic mass is 9.87. The van der Waals surface area contributed by atoms with E-state index in [0.717, 1.165) is 0 Å². The highest BCUT2D eigenvalue weighted by Crippen LogP contribution is 2.45. The summed E-state index contributed by atoms with van der Waals surface area (Å²) in [6.07, 6.45) is 5.47. The van der Waals surface area contributed by atoms with Crippen LogP contribution in [0.4, 0.5) is 5.95 Å². The lowest BCUT2D eigenvalue weighted by Gasteiger charge is -2.26. The molecule has 0 aromatic carbocycles. The molecule has 1 aromatic rings. The van der Waals surface area contributed by atoms with Gasteiger partial charge in [0.25, 0.3) is 0 Å².